The molecule has 1 saturated heterocycles. The van der Waals surface area contributed by atoms with Crippen LogP contribution in [0.1, 0.15) is 30.0 Å². The highest BCUT2D eigenvalue weighted by molar-refractivity contribution is 6.30. The van der Waals surface area contributed by atoms with Crippen LogP contribution in [0.25, 0.3) is 0 Å². The first kappa shape index (κ1) is 16.0. The molecule has 0 aliphatic carbocycles. The summed E-state index contributed by atoms with van der Waals surface area (Å²) in [5.74, 6) is -1.02. The molecule has 23 heavy (non-hydrogen) atoms. The number of piperidine rings is 1. The van der Waals surface area contributed by atoms with Gasteiger partial charge in [-0.3, -0.25) is 14.7 Å². The minimum Gasteiger partial charge on any atom is -0.481 e. The van der Waals surface area contributed by atoms with Crippen LogP contribution in [-0.2, 0) is 4.79 Å². The fourth-order valence-electron chi connectivity index (χ4n) is 3.24. The lowest BCUT2D eigenvalue weighted by atomic mass is 9.92. The Kier molecular flexibility index (Phi) is 4.94. The monoisotopic (exact) mass is 330 g/mol. The standard InChI is InChI=1S/C18H19ClN2O2/c19-16-7-5-13(6-8-16)17(14-3-1-9-20-11-14)21-10-2-4-15(12-21)18(22)23/h1,3,5-9,11,15,17H,2,4,10,12H2,(H,22,23). The fraction of sp³-hybridized carbons (Fsp3) is 0.333. The van der Waals surface area contributed by atoms with Crippen LogP contribution >= 0.6 is 11.6 Å². The van der Waals surface area contributed by atoms with Crippen molar-refractivity contribution in [2.75, 3.05) is 13.1 Å². The third-order valence-corrected chi connectivity index (χ3v) is 4.61. The number of halogens is 1. The smallest absolute Gasteiger partial charge is 0.307 e. The quantitative estimate of drug-likeness (QED) is 0.930. The molecule has 4 nitrogen and oxygen atoms in total. The average molecular weight is 331 g/mol. The van der Waals surface area contributed by atoms with E-state index in [0.717, 1.165) is 30.5 Å². The minimum absolute atomic E-state index is 0.00289. The van der Waals surface area contributed by atoms with Crippen molar-refractivity contribution < 1.29 is 9.90 Å². The fourth-order valence-corrected chi connectivity index (χ4v) is 3.37. The highest BCUT2D eigenvalue weighted by Gasteiger charge is 2.31. The number of hydrogen-bond donors (Lipinski definition) is 1. The first-order valence-corrected chi connectivity index (χ1v) is 8.15. The molecule has 0 spiro atoms. The molecule has 1 aliphatic rings. The number of carboxylic acid groups (broad SMARTS) is 1. The minimum atomic E-state index is -0.712. The Morgan fingerprint density at radius 2 is 2.04 bits per heavy atom. The molecule has 120 valence electrons. The predicted molar refractivity (Wildman–Crippen MR) is 89.5 cm³/mol. The molecule has 0 radical (unpaired) electrons. The SMILES string of the molecule is O=C(O)C1CCCN(C(c2ccc(Cl)cc2)c2cccnc2)C1. The van der Waals surface area contributed by atoms with Gasteiger partial charge in [-0.25, -0.2) is 0 Å². The summed E-state index contributed by atoms with van der Waals surface area (Å²) >= 11 is 6.01. The van der Waals surface area contributed by atoms with E-state index in [0.29, 0.717) is 11.6 Å². The molecule has 0 saturated carbocycles. The van der Waals surface area contributed by atoms with Crippen molar-refractivity contribution in [1.82, 2.24) is 9.88 Å². The zero-order chi connectivity index (χ0) is 16.2. The molecule has 0 amide bonds. The second-order valence-corrected chi connectivity index (χ2v) is 6.35. The van der Waals surface area contributed by atoms with E-state index in [-0.39, 0.29) is 12.0 Å². The molecular formula is C18H19ClN2O2. The van der Waals surface area contributed by atoms with E-state index in [1.165, 1.54) is 0 Å². The Hall–Kier alpha value is -1.91. The second-order valence-electron chi connectivity index (χ2n) is 5.91. The Morgan fingerprint density at radius 3 is 2.70 bits per heavy atom. The number of aromatic nitrogens is 1. The number of aliphatic carboxylic acids is 1. The third-order valence-electron chi connectivity index (χ3n) is 4.35. The first-order valence-electron chi connectivity index (χ1n) is 7.77. The van der Waals surface area contributed by atoms with Gasteiger partial charge in [0.15, 0.2) is 0 Å². The van der Waals surface area contributed by atoms with Gasteiger partial charge in [0.2, 0.25) is 0 Å². The molecule has 1 N–H and O–H groups in total. The maximum atomic E-state index is 11.4. The van der Waals surface area contributed by atoms with E-state index in [4.69, 9.17) is 11.6 Å². The summed E-state index contributed by atoms with van der Waals surface area (Å²) in [6.07, 6.45) is 5.23. The summed E-state index contributed by atoms with van der Waals surface area (Å²) in [5.41, 5.74) is 2.18. The number of benzene rings is 1. The van der Waals surface area contributed by atoms with E-state index >= 15 is 0 Å². The van der Waals surface area contributed by atoms with Gasteiger partial charge in [0.1, 0.15) is 0 Å². The molecule has 1 fully saturated rings. The van der Waals surface area contributed by atoms with Gasteiger partial charge in [-0.05, 0) is 48.7 Å². The van der Waals surface area contributed by atoms with Gasteiger partial charge in [-0.2, -0.15) is 0 Å². The van der Waals surface area contributed by atoms with Crippen LogP contribution in [0.3, 0.4) is 0 Å². The van der Waals surface area contributed by atoms with Crippen LogP contribution in [0.5, 0.6) is 0 Å². The predicted octanol–water partition coefficient (Wildman–Crippen LogP) is 3.62. The lowest BCUT2D eigenvalue weighted by Crippen LogP contribution is -2.41. The molecule has 1 aromatic heterocycles. The second kappa shape index (κ2) is 7.11. The number of rotatable bonds is 4. The van der Waals surface area contributed by atoms with Crippen LogP contribution < -0.4 is 0 Å². The van der Waals surface area contributed by atoms with Crippen molar-refractivity contribution in [2.45, 2.75) is 18.9 Å². The Morgan fingerprint density at radius 1 is 1.26 bits per heavy atom. The number of carbonyl (C=O) groups is 1. The highest BCUT2D eigenvalue weighted by atomic mass is 35.5. The van der Waals surface area contributed by atoms with Crippen LogP contribution in [-0.4, -0.2) is 34.0 Å². The average Bonchev–Trinajstić information content (AvgIpc) is 2.58. The zero-order valence-corrected chi connectivity index (χ0v) is 13.5. The van der Waals surface area contributed by atoms with Crippen molar-refractivity contribution >= 4 is 17.6 Å². The molecule has 1 aromatic carbocycles. The van der Waals surface area contributed by atoms with Crippen LogP contribution in [0.2, 0.25) is 5.02 Å². The molecular weight excluding hydrogens is 312 g/mol. The lowest BCUT2D eigenvalue weighted by Gasteiger charge is -2.37. The lowest BCUT2D eigenvalue weighted by molar-refractivity contribution is -0.143. The molecule has 2 unspecified atom stereocenters. The number of nitrogens with zero attached hydrogens (tertiary/aromatic N) is 2. The van der Waals surface area contributed by atoms with Gasteiger partial charge in [-0.1, -0.05) is 29.8 Å². The molecule has 3 rings (SSSR count). The topological polar surface area (TPSA) is 53.4 Å². The Balaban J connectivity index is 1.95. The third kappa shape index (κ3) is 3.71. The number of carboxylic acids is 1. The molecule has 5 heteroatoms. The van der Waals surface area contributed by atoms with Gasteiger partial charge >= 0.3 is 5.97 Å². The van der Waals surface area contributed by atoms with Gasteiger partial charge in [-0.15, -0.1) is 0 Å². The summed E-state index contributed by atoms with van der Waals surface area (Å²) in [4.78, 5) is 17.9. The summed E-state index contributed by atoms with van der Waals surface area (Å²) in [6.45, 7) is 1.43. The van der Waals surface area contributed by atoms with Crippen LogP contribution in [0.4, 0.5) is 0 Å². The van der Waals surface area contributed by atoms with Crippen molar-refractivity contribution in [1.29, 1.82) is 0 Å². The van der Waals surface area contributed by atoms with Crippen molar-refractivity contribution in [2.24, 2.45) is 5.92 Å². The molecule has 2 heterocycles. The Bertz CT molecular complexity index is 660. The van der Waals surface area contributed by atoms with Gasteiger partial charge in [0.05, 0.1) is 12.0 Å². The van der Waals surface area contributed by atoms with E-state index in [2.05, 4.69) is 9.88 Å². The molecule has 2 aromatic rings. The maximum Gasteiger partial charge on any atom is 0.307 e. The van der Waals surface area contributed by atoms with E-state index in [1.807, 2.05) is 42.6 Å². The Labute approximate surface area is 140 Å². The van der Waals surface area contributed by atoms with E-state index in [9.17, 15) is 9.90 Å². The normalized spacial score (nSPS) is 20.1. The van der Waals surface area contributed by atoms with Crippen LogP contribution in [0, 0.1) is 5.92 Å². The molecule has 1 aliphatic heterocycles. The van der Waals surface area contributed by atoms with Crippen molar-refractivity contribution in [3.63, 3.8) is 0 Å². The van der Waals surface area contributed by atoms with Crippen molar-refractivity contribution in [3.05, 3.63) is 64.9 Å². The van der Waals surface area contributed by atoms with Gasteiger partial charge in [0, 0.05) is 24.0 Å². The number of pyridine rings is 1. The summed E-state index contributed by atoms with van der Waals surface area (Å²) in [6, 6.07) is 11.7. The number of hydrogen-bond acceptors (Lipinski definition) is 3. The molecule has 2 atom stereocenters. The largest absolute Gasteiger partial charge is 0.481 e. The summed E-state index contributed by atoms with van der Waals surface area (Å²) in [5, 5.41) is 10.1. The maximum absolute atomic E-state index is 11.4. The molecule has 0 bridgehead atoms. The van der Waals surface area contributed by atoms with Crippen LogP contribution in [0.15, 0.2) is 48.8 Å². The summed E-state index contributed by atoms with van der Waals surface area (Å²) in [7, 11) is 0. The zero-order valence-electron chi connectivity index (χ0n) is 12.7. The van der Waals surface area contributed by atoms with Gasteiger partial charge in [0.25, 0.3) is 0 Å². The van der Waals surface area contributed by atoms with Gasteiger partial charge < -0.3 is 5.11 Å². The van der Waals surface area contributed by atoms with Crippen molar-refractivity contribution in [3.8, 4) is 0 Å². The number of likely N-dealkylation sites (tertiary alicyclic amines) is 1. The van der Waals surface area contributed by atoms with E-state index < -0.39 is 5.97 Å². The van der Waals surface area contributed by atoms with E-state index in [1.54, 1.807) is 6.20 Å². The first-order chi connectivity index (χ1) is 11.1. The summed E-state index contributed by atoms with van der Waals surface area (Å²) < 4.78 is 0. The highest BCUT2D eigenvalue weighted by Crippen LogP contribution is 2.32.